The number of carbonyl (C=O) groups is 2. The molecule has 30 heavy (non-hydrogen) atoms. The van der Waals surface area contributed by atoms with Crippen LogP contribution in [0.5, 0.6) is 0 Å². The van der Waals surface area contributed by atoms with Gasteiger partial charge in [0.05, 0.1) is 12.6 Å². The number of hydrogen-bond donors (Lipinski definition) is 3. The Labute approximate surface area is 169 Å². The summed E-state index contributed by atoms with van der Waals surface area (Å²) in [4.78, 5) is 29.1. The summed E-state index contributed by atoms with van der Waals surface area (Å²) >= 11 is 0. The first-order chi connectivity index (χ1) is 13.9. The molecule has 2 atom stereocenters. The van der Waals surface area contributed by atoms with Gasteiger partial charge in [0.2, 0.25) is 11.8 Å². The maximum Gasteiger partial charge on any atom is 0.410 e. The van der Waals surface area contributed by atoms with Crippen molar-refractivity contribution in [1.82, 2.24) is 15.2 Å². The van der Waals surface area contributed by atoms with Crippen molar-refractivity contribution in [2.24, 2.45) is 11.7 Å². The second-order valence-electron chi connectivity index (χ2n) is 7.68. The second kappa shape index (κ2) is 8.32. The van der Waals surface area contributed by atoms with Crippen LogP contribution in [-0.4, -0.2) is 52.5 Å². The minimum atomic E-state index is -4.54. The van der Waals surface area contributed by atoms with Gasteiger partial charge in [0, 0.05) is 25.6 Å². The molecule has 1 aromatic rings. The van der Waals surface area contributed by atoms with E-state index in [0.717, 1.165) is 4.90 Å². The average molecular weight is 435 g/mol. The van der Waals surface area contributed by atoms with Crippen LogP contribution in [0.4, 0.5) is 32.6 Å². The number of nitrogens with two attached hydrogens (primary N) is 1. The smallest absolute Gasteiger partial charge is 0.324 e. The van der Waals surface area contributed by atoms with Crippen LogP contribution in [0.1, 0.15) is 31.2 Å². The number of nitrogens with one attached hydrogen (secondary N) is 2. The fourth-order valence-corrected chi connectivity index (χ4v) is 3.62. The molecule has 3 amide bonds. The lowest BCUT2D eigenvalue weighted by Crippen LogP contribution is -2.44. The number of pyridine rings is 1. The highest BCUT2D eigenvalue weighted by Crippen LogP contribution is 2.37. The van der Waals surface area contributed by atoms with Gasteiger partial charge in [-0.3, -0.25) is 4.79 Å². The first-order valence-corrected chi connectivity index (χ1v) is 9.46. The van der Waals surface area contributed by atoms with E-state index < -0.39 is 42.7 Å². The van der Waals surface area contributed by atoms with Crippen LogP contribution in [0.3, 0.4) is 0 Å². The van der Waals surface area contributed by atoms with Crippen molar-refractivity contribution in [2.75, 3.05) is 11.9 Å². The highest BCUT2D eigenvalue weighted by molar-refractivity contribution is 5.94. The van der Waals surface area contributed by atoms with Crippen LogP contribution in [0, 0.1) is 5.92 Å². The van der Waals surface area contributed by atoms with Gasteiger partial charge in [-0.25, -0.2) is 18.6 Å². The molecule has 4 N–H and O–H groups in total. The van der Waals surface area contributed by atoms with Crippen molar-refractivity contribution in [2.45, 2.75) is 56.4 Å². The van der Waals surface area contributed by atoms with Gasteiger partial charge in [-0.05, 0) is 36.5 Å². The highest BCUT2D eigenvalue weighted by Gasteiger charge is 2.46. The quantitative estimate of drug-likeness (QED) is 0.619. The van der Waals surface area contributed by atoms with Gasteiger partial charge in [0.25, 0.3) is 0 Å². The summed E-state index contributed by atoms with van der Waals surface area (Å²) in [5, 5.41) is 4.38. The molecule has 3 rings (SSSR count). The number of carbonyl (C=O) groups excluding carboxylic acids is 2. The van der Waals surface area contributed by atoms with E-state index in [-0.39, 0.29) is 44.0 Å². The molecule has 0 spiro atoms. The summed E-state index contributed by atoms with van der Waals surface area (Å²) < 4.78 is 64.9. The maximum atomic E-state index is 13.3. The molecule has 1 aliphatic heterocycles. The fourth-order valence-electron chi connectivity index (χ4n) is 3.62. The molecular formula is C18H22F5N5O2. The minimum Gasteiger partial charge on any atom is -0.324 e. The summed E-state index contributed by atoms with van der Waals surface area (Å²) in [7, 11) is 0. The van der Waals surface area contributed by atoms with Crippen LogP contribution >= 0.6 is 0 Å². The number of halogens is 5. The zero-order valence-electron chi connectivity index (χ0n) is 15.9. The van der Waals surface area contributed by atoms with E-state index >= 15 is 0 Å². The lowest BCUT2D eigenvalue weighted by Gasteiger charge is -2.31. The van der Waals surface area contributed by atoms with Gasteiger partial charge in [0.1, 0.15) is 11.9 Å². The molecule has 1 aliphatic carbocycles. The van der Waals surface area contributed by atoms with Gasteiger partial charge in [-0.1, -0.05) is 0 Å². The molecule has 7 nitrogen and oxygen atoms in total. The van der Waals surface area contributed by atoms with Gasteiger partial charge in [0.15, 0.2) is 0 Å². The summed E-state index contributed by atoms with van der Waals surface area (Å²) in [6.07, 6.45) is -3.56. The molecule has 1 saturated heterocycles. The van der Waals surface area contributed by atoms with Crippen molar-refractivity contribution >= 4 is 17.8 Å². The Kier molecular flexibility index (Phi) is 6.16. The normalized spacial score (nSPS) is 23.2. The van der Waals surface area contributed by atoms with E-state index in [2.05, 4.69) is 10.3 Å². The van der Waals surface area contributed by atoms with E-state index in [1.54, 1.807) is 0 Å². The molecular weight excluding hydrogens is 413 g/mol. The van der Waals surface area contributed by atoms with Gasteiger partial charge < -0.3 is 21.3 Å². The van der Waals surface area contributed by atoms with E-state index in [1.807, 2.05) is 5.32 Å². The molecule has 12 heteroatoms. The first kappa shape index (κ1) is 22.2. The van der Waals surface area contributed by atoms with Crippen LogP contribution in [0.2, 0.25) is 0 Å². The largest absolute Gasteiger partial charge is 0.410 e. The van der Waals surface area contributed by atoms with Crippen LogP contribution < -0.4 is 16.4 Å². The fraction of sp³-hybridized carbons (Fsp3) is 0.611. The van der Waals surface area contributed by atoms with Crippen molar-refractivity contribution < 1.29 is 31.5 Å². The van der Waals surface area contributed by atoms with E-state index in [4.69, 9.17) is 5.73 Å². The number of nitrogens with zero attached hydrogens (tertiary/aromatic N) is 2. The molecule has 166 valence electrons. The topological polar surface area (TPSA) is 100 Å². The van der Waals surface area contributed by atoms with E-state index in [1.165, 1.54) is 18.3 Å². The Balaban J connectivity index is 1.58. The van der Waals surface area contributed by atoms with E-state index in [0.29, 0.717) is 5.56 Å². The molecule has 0 aromatic carbocycles. The Morgan fingerprint density at radius 1 is 1.37 bits per heavy atom. The number of anilines is 1. The van der Waals surface area contributed by atoms with Gasteiger partial charge >= 0.3 is 12.2 Å². The Morgan fingerprint density at radius 2 is 2.03 bits per heavy atom. The van der Waals surface area contributed by atoms with Crippen molar-refractivity contribution in [3.05, 3.63) is 23.9 Å². The van der Waals surface area contributed by atoms with E-state index in [9.17, 15) is 31.5 Å². The molecule has 2 heterocycles. The van der Waals surface area contributed by atoms with Crippen molar-refractivity contribution in [1.29, 1.82) is 0 Å². The number of rotatable bonds is 5. The van der Waals surface area contributed by atoms with Gasteiger partial charge in [-0.15, -0.1) is 0 Å². The standard InChI is InChI=1S/C18H22F5N5O2/c19-17(20)4-1-11(2-5-17)14(24)15(29)27-13-7-10(3-6-25-13)8-28-9-12(18(21,22)23)26-16(28)30/h3,6-7,11-12,14H,1-2,4-5,8-9,24H2,(H,26,30)(H,25,27,29)/t12-,14+/m0/s1. The third kappa shape index (κ3) is 5.35. The lowest BCUT2D eigenvalue weighted by atomic mass is 9.82. The maximum absolute atomic E-state index is 13.3. The molecule has 0 bridgehead atoms. The van der Waals surface area contributed by atoms with Crippen LogP contribution in [-0.2, 0) is 11.3 Å². The number of urea groups is 1. The summed E-state index contributed by atoms with van der Waals surface area (Å²) in [5.74, 6) is -3.57. The molecule has 2 fully saturated rings. The summed E-state index contributed by atoms with van der Waals surface area (Å²) in [6.45, 7) is -0.628. The van der Waals surface area contributed by atoms with Crippen molar-refractivity contribution in [3.63, 3.8) is 0 Å². The average Bonchev–Trinajstić information content (AvgIpc) is 3.02. The lowest BCUT2D eigenvalue weighted by molar-refractivity contribution is -0.149. The van der Waals surface area contributed by atoms with Crippen LogP contribution in [0.15, 0.2) is 18.3 Å². The zero-order valence-corrected chi connectivity index (χ0v) is 15.9. The molecule has 0 unspecified atom stereocenters. The number of hydrogen-bond acceptors (Lipinski definition) is 4. The van der Waals surface area contributed by atoms with Crippen molar-refractivity contribution in [3.8, 4) is 0 Å². The van der Waals surface area contributed by atoms with Crippen LogP contribution in [0.25, 0.3) is 0 Å². The molecule has 1 aromatic heterocycles. The summed E-state index contributed by atoms with van der Waals surface area (Å²) in [6, 6.07) is -0.827. The Morgan fingerprint density at radius 3 is 2.63 bits per heavy atom. The SMILES string of the molecule is N[C@@H](C(=O)Nc1cc(CN2C[C@@H](C(F)(F)F)NC2=O)ccn1)C1CCC(F)(F)CC1. The zero-order chi connectivity index (χ0) is 22.1. The highest BCUT2D eigenvalue weighted by atomic mass is 19.4. The molecule has 0 radical (unpaired) electrons. The predicted octanol–water partition coefficient (Wildman–Crippen LogP) is 2.63. The molecule has 2 aliphatic rings. The summed E-state index contributed by atoms with van der Waals surface area (Å²) in [5.41, 5.74) is 6.38. The van der Waals surface area contributed by atoms with Gasteiger partial charge in [-0.2, -0.15) is 13.2 Å². The number of alkyl halides is 5. The number of amides is 3. The molecule has 1 saturated carbocycles. The first-order valence-electron chi connectivity index (χ1n) is 9.46. The third-order valence-electron chi connectivity index (χ3n) is 5.40. The Bertz CT molecular complexity index is 793. The number of aromatic nitrogens is 1. The second-order valence-corrected chi connectivity index (χ2v) is 7.68. The third-order valence-corrected chi connectivity index (χ3v) is 5.40. The predicted molar refractivity (Wildman–Crippen MR) is 96.5 cm³/mol. The Hall–Kier alpha value is -2.50. The monoisotopic (exact) mass is 435 g/mol. The minimum absolute atomic E-state index is 0.104.